The van der Waals surface area contributed by atoms with Gasteiger partial charge in [0, 0.05) is 0 Å². The molecule has 0 amide bonds. The first-order valence-corrected chi connectivity index (χ1v) is 6.60. The van der Waals surface area contributed by atoms with Gasteiger partial charge in [-0.1, -0.05) is 41.9 Å². The molecule has 1 atom stereocenters. The summed E-state index contributed by atoms with van der Waals surface area (Å²) in [5.41, 5.74) is 3.13. The van der Waals surface area contributed by atoms with Gasteiger partial charge in [0.25, 0.3) is 0 Å². The Labute approximate surface area is 117 Å². The molecule has 0 aromatic heterocycles. The predicted molar refractivity (Wildman–Crippen MR) is 76.0 cm³/mol. The second-order valence-corrected chi connectivity index (χ2v) is 5.14. The van der Waals surface area contributed by atoms with E-state index in [0.717, 1.165) is 11.1 Å². The van der Waals surface area contributed by atoms with Gasteiger partial charge in [-0.3, -0.25) is 0 Å². The predicted octanol–water partition coefficient (Wildman–Crippen LogP) is 3.93. The summed E-state index contributed by atoms with van der Waals surface area (Å²) in [5.74, 6) is -0.432. The molecule has 0 saturated carbocycles. The number of halogens is 2. The van der Waals surface area contributed by atoms with E-state index in [1.54, 1.807) is 12.1 Å². The molecule has 1 unspecified atom stereocenters. The van der Waals surface area contributed by atoms with E-state index in [4.69, 9.17) is 11.6 Å². The SMILES string of the molecule is Cc1ccccc1CC(O)Cc1ccc(F)c(Cl)c1. The van der Waals surface area contributed by atoms with Gasteiger partial charge in [-0.25, -0.2) is 4.39 Å². The van der Waals surface area contributed by atoms with Crippen molar-refractivity contribution in [2.24, 2.45) is 0 Å². The van der Waals surface area contributed by atoms with E-state index >= 15 is 0 Å². The molecule has 1 nitrogen and oxygen atoms in total. The Morgan fingerprint density at radius 1 is 1.16 bits per heavy atom. The Morgan fingerprint density at radius 3 is 2.58 bits per heavy atom. The normalized spacial score (nSPS) is 12.4. The molecule has 2 rings (SSSR count). The fourth-order valence-electron chi connectivity index (χ4n) is 2.10. The Morgan fingerprint density at radius 2 is 1.89 bits per heavy atom. The van der Waals surface area contributed by atoms with Crippen LogP contribution in [0.1, 0.15) is 16.7 Å². The molecule has 3 heteroatoms. The summed E-state index contributed by atoms with van der Waals surface area (Å²) in [5, 5.41) is 10.2. The van der Waals surface area contributed by atoms with Crippen molar-refractivity contribution in [1.82, 2.24) is 0 Å². The van der Waals surface area contributed by atoms with Crippen molar-refractivity contribution < 1.29 is 9.50 Å². The van der Waals surface area contributed by atoms with Crippen molar-refractivity contribution in [2.45, 2.75) is 25.9 Å². The monoisotopic (exact) mass is 278 g/mol. The number of hydrogen-bond acceptors (Lipinski definition) is 1. The lowest BCUT2D eigenvalue weighted by Crippen LogP contribution is -2.14. The van der Waals surface area contributed by atoms with Crippen LogP contribution in [0.4, 0.5) is 4.39 Å². The lowest BCUT2D eigenvalue weighted by Gasteiger charge is -2.13. The number of aryl methyl sites for hydroxylation is 1. The van der Waals surface area contributed by atoms with Crippen LogP contribution in [0.2, 0.25) is 5.02 Å². The van der Waals surface area contributed by atoms with Crippen LogP contribution in [0.3, 0.4) is 0 Å². The van der Waals surface area contributed by atoms with Gasteiger partial charge in [0.1, 0.15) is 5.82 Å². The standard InChI is InChI=1S/C16H16ClFO/c1-11-4-2-3-5-13(11)10-14(19)8-12-6-7-16(18)15(17)9-12/h2-7,9,14,19H,8,10H2,1H3. The summed E-state index contributed by atoms with van der Waals surface area (Å²) in [6.45, 7) is 2.02. The number of aliphatic hydroxyl groups is 1. The van der Waals surface area contributed by atoms with Gasteiger partial charge in [-0.2, -0.15) is 0 Å². The fraction of sp³-hybridized carbons (Fsp3) is 0.250. The highest BCUT2D eigenvalue weighted by Crippen LogP contribution is 2.18. The third-order valence-corrected chi connectivity index (χ3v) is 3.46. The summed E-state index contributed by atoms with van der Waals surface area (Å²) < 4.78 is 13.0. The maximum absolute atomic E-state index is 13.0. The minimum atomic E-state index is -0.498. The maximum Gasteiger partial charge on any atom is 0.141 e. The van der Waals surface area contributed by atoms with Gasteiger partial charge in [0.15, 0.2) is 0 Å². The van der Waals surface area contributed by atoms with E-state index in [1.807, 2.05) is 31.2 Å². The molecule has 0 bridgehead atoms. The van der Waals surface area contributed by atoms with Crippen molar-refractivity contribution in [1.29, 1.82) is 0 Å². The zero-order valence-corrected chi connectivity index (χ0v) is 11.5. The average molecular weight is 279 g/mol. The van der Waals surface area contributed by atoms with Crippen molar-refractivity contribution in [3.8, 4) is 0 Å². The molecule has 1 N–H and O–H groups in total. The molecule has 0 aliphatic heterocycles. The second-order valence-electron chi connectivity index (χ2n) is 4.74. The van der Waals surface area contributed by atoms with Crippen LogP contribution in [0, 0.1) is 12.7 Å². The molecule has 0 fully saturated rings. The molecule has 0 aliphatic carbocycles. The highest BCUT2D eigenvalue weighted by molar-refractivity contribution is 6.30. The number of benzene rings is 2. The lowest BCUT2D eigenvalue weighted by atomic mass is 9.98. The van der Waals surface area contributed by atoms with E-state index in [-0.39, 0.29) is 5.02 Å². The van der Waals surface area contributed by atoms with Gasteiger partial charge in [0.05, 0.1) is 11.1 Å². The molecular weight excluding hydrogens is 263 g/mol. The molecule has 0 saturated heterocycles. The van der Waals surface area contributed by atoms with Gasteiger partial charge in [-0.05, 0) is 48.6 Å². The molecule has 2 aromatic carbocycles. The summed E-state index contributed by atoms with van der Waals surface area (Å²) in [4.78, 5) is 0. The minimum absolute atomic E-state index is 0.0978. The molecule has 0 heterocycles. The Balaban J connectivity index is 2.03. The molecule has 0 spiro atoms. The van der Waals surface area contributed by atoms with Crippen molar-refractivity contribution in [3.05, 3.63) is 70.0 Å². The Bertz CT molecular complexity index is 568. The molecule has 0 radical (unpaired) electrons. The number of hydrogen-bond donors (Lipinski definition) is 1. The van der Waals surface area contributed by atoms with Crippen LogP contribution in [0.5, 0.6) is 0 Å². The van der Waals surface area contributed by atoms with Gasteiger partial charge in [-0.15, -0.1) is 0 Å². The van der Waals surface area contributed by atoms with Crippen LogP contribution < -0.4 is 0 Å². The van der Waals surface area contributed by atoms with Crippen LogP contribution in [0.15, 0.2) is 42.5 Å². The molecular formula is C16H16ClFO. The van der Waals surface area contributed by atoms with Crippen LogP contribution >= 0.6 is 11.6 Å². The molecule has 2 aromatic rings. The summed E-state index contributed by atoms with van der Waals surface area (Å²) >= 11 is 5.73. The Kier molecular flexibility index (Phi) is 4.56. The zero-order valence-electron chi connectivity index (χ0n) is 10.7. The first kappa shape index (κ1) is 14.0. The number of rotatable bonds is 4. The Hall–Kier alpha value is -1.38. The fourth-order valence-corrected chi connectivity index (χ4v) is 2.31. The first-order valence-electron chi connectivity index (χ1n) is 6.23. The third kappa shape index (κ3) is 3.79. The highest BCUT2D eigenvalue weighted by atomic mass is 35.5. The summed E-state index contributed by atoms with van der Waals surface area (Å²) in [6.07, 6.45) is 0.554. The maximum atomic E-state index is 13.0. The van der Waals surface area contributed by atoms with E-state index in [2.05, 4.69) is 0 Å². The highest BCUT2D eigenvalue weighted by Gasteiger charge is 2.10. The van der Waals surface area contributed by atoms with E-state index in [1.165, 1.54) is 11.6 Å². The van der Waals surface area contributed by atoms with Crippen LogP contribution in [-0.4, -0.2) is 11.2 Å². The van der Waals surface area contributed by atoms with E-state index in [9.17, 15) is 9.50 Å². The number of aliphatic hydroxyl groups excluding tert-OH is 1. The lowest BCUT2D eigenvalue weighted by molar-refractivity contribution is 0.175. The van der Waals surface area contributed by atoms with Gasteiger partial charge in [0.2, 0.25) is 0 Å². The molecule has 100 valence electrons. The van der Waals surface area contributed by atoms with E-state index in [0.29, 0.717) is 12.8 Å². The topological polar surface area (TPSA) is 20.2 Å². The van der Waals surface area contributed by atoms with Crippen LogP contribution in [0.25, 0.3) is 0 Å². The second kappa shape index (κ2) is 6.18. The van der Waals surface area contributed by atoms with Gasteiger partial charge < -0.3 is 5.11 Å². The minimum Gasteiger partial charge on any atom is -0.392 e. The quantitative estimate of drug-likeness (QED) is 0.898. The largest absolute Gasteiger partial charge is 0.392 e. The van der Waals surface area contributed by atoms with Crippen molar-refractivity contribution >= 4 is 11.6 Å². The van der Waals surface area contributed by atoms with E-state index < -0.39 is 11.9 Å². The summed E-state index contributed by atoms with van der Waals surface area (Å²) in [7, 11) is 0. The van der Waals surface area contributed by atoms with Crippen LogP contribution in [-0.2, 0) is 12.8 Å². The average Bonchev–Trinajstić information content (AvgIpc) is 2.37. The summed E-state index contributed by atoms with van der Waals surface area (Å²) in [6, 6.07) is 12.5. The molecule has 0 aliphatic rings. The smallest absolute Gasteiger partial charge is 0.141 e. The van der Waals surface area contributed by atoms with Crippen molar-refractivity contribution in [3.63, 3.8) is 0 Å². The van der Waals surface area contributed by atoms with Gasteiger partial charge >= 0.3 is 0 Å². The van der Waals surface area contributed by atoms with Crippen molar-refractivity contribution in [2.75, 3.05) is 0 Å². The first-order chi connectivity index (χ1) is 9.06. The molecule has 19 heavy (non-hydrogen) atoms. The zero-order chi connectivity index (χ0) is 13.8. The third-order valence-electron chi connectivity index (χ3n) is 3.17.